The minimum Gasteiger partial charge on any atom is -0.388 e. The van der Waals surface area contributed by atoms with Crippen LogP contribution in [0.3, 0.4) is 0 Å². The van der Waals surface area contributed by atoms with Crippen molar-refractivity contribution in [3.8, 4) is 0 Å². The van der Waals surface area contributed by atoms with E-state index in [0.717, 1.165) is 10.5 Å². The van der Waals surface area contributed by atoms with Crippen molar-refractivity contribution in [2.24, 2.45) is 16.5 Å². The topological polar surface area (TPSA) is 128 Å². The number of primary amides is 1. The molecule has 0 bridgehead atoms. The maximum atomic E-state index is 13.2. The molecule has 0 aromatic heterocycles. The summed E-state index contributed by atoms with van der Waals surface area (Å²) in [7, 11) is 0. The number of carbonyl (C=O) groups excluding carboxylic acids is 3. The van der Waals surface area contributed by atoms with Gasteiger partial charge >= 0.3 is 0 Å². The summed E-state index contributed by atoms with van der Waals surface area (Å²) in [6, 6.07) is 16.2. The average molecular weight is 451 g/mol. The lowest BCUT2D eigenvalue weighted by molar-refractivity contribution is -0.129. The van der Waals surface area contributed by atoms with Gasteiger partial charge in [-0.2, -0.15) is 0 Å². The van der Waals surface area contributed by atoms with Crippen LogP contribution in [0.4, 0.5) is 0 Å². The number of amides is 3. The number of amidine groups is 1. The molecular weight excluding hydrogens is 420 g/mol. The van der Waals surface area contributed by atoms with E-state index in [1.165, 1.54) is 0 Å². The predicted molar refractivity (Wildman–Crippen MR) is 126 cm³/mol. The lowest BCUT2D eigenvalue weighted by Gasteiger charge is -2.38. The molecule has 0 fully saturated rings. The summed E-state index contributed by atoms with van der Waals surface area (Å²) in [5.41, 5.74) is 11.5. The quantitative estimate of drug-likeness (QED) is 0.222. The maximum absolute atomic E-state index is 13.2. The summed E-state index contributed by atoms with van der Waals surface area (Å²) in [6.45, 7) is 2.70. The van der Waals surface area contributed by atoms with Crippen LogP contribution in [0.1, 0.15) is 58.9 Å². The molecular formula is C25H30N4O4. The van der Waals surface area contributed by atoms with E-state index in [2.05, 4.69) is 4.99 Å². The van der Waals surface area contributed by atoms with Crippen LogP contribution in [0.5, 0.6) is 0 Å². The second kappa shape index (κ2) is 10.9. The maximum Gasteiger partial charge on any atom is 0.262 e. The Morgan fingerprint density at radius 2 is 1.55 bits per heavy atom. The van der Waals surface area contributed by atoms with Gasteiger partial charge in [0.15, 0.2) is 0 Å². The molecule has 2 aromatic rings. The van der Waals surface area contributed by atoms with Gasteiger partial charge in [-0.3, -0.25) is 24.3 Å². The van der Waals surface area contributed by atoms with Gasteiger partial charge in [0.1, 0.15) is 5.54 Å². The number of carbonyl (C=O) groups is 3. The Morgan fingerprint density at radius 3 is 2.12 bits per heavy atom. The molecule has 0 saturated heterocycles. The Balaban J connectivity index is 1.80. The highest BCUT2D eigenvalue weighted by Gasteiger charge is 2.52. The molecule has 8 nitrogen and oxygen atoms in total. The summed E-state index contributed by atoms with van der Waals surface area (Å²) in [6.07, 6.45) is 1.50. The van der Waals surface area contributed by atoms with Gasteiger partial charge in [0, 0.05) is 19.6 Å². The lowest BCUT2D eigenvalue weighted by atomic mass is 9.86. The van der Waals surface area contributed by atoms with Gasteiger partial charge in [-0.25, -0.2) is 0 Å². The van der Waals surface area contributed by atoms with E-state index >= 15 is 0 Å². The third kappa shape index (κ3) is 5.46. The van der Waals surface area contributed by atoms with Crippen molar-refractivity contribution < 1.29 is 19.1 Å². The zero-order valence-corrected chi connectivity index (χ0v) is 18.8. The molecule has 3 rings (SSSR count). The van der Waals surface area contributed by atoms with Gasteiger partial charge < -0.3 is 16.2 Å². The number of fused-ring (bicyclic) bond motifs is 1. The number of nitrogens with two attached hydrogens (primary N) is 2. The van der Waals surface area contributed by atoms with Crippen LogP contribution in [0.2, 0.25) is 0 Å². The summed E-state index contributed by atoms with van der Waals surface area (Å²) >= 11 is 0. The fourth-order valence-corrected chi connectivity index (χ4v) is 4.07. The SMILES string of the molecule is CC(N)=NCCCCC(CCOCc1ccccc1)(C(N)=O)N1C(=O)c2ccccc2C1=O. The van der Waals surface area contributed by atoms with E-state index in [9.17, 15) is 14.4 Å². The number of nitrogens with zero attached hydrogens (tertiary/aromatic N) is 2. The first-order chi connectivity index (χ1) is 15.9. The summed E-state index contributed by atoms with van der Waals surface area (Å²) in [4.78, 5) is 44.5. The van der Waals surface area contributed by atoms with Gasteiger partial charge in [-0.1, -0.05) is 42.5 Å². The Kier molecular flexibility index (Phi) is 7.95. The second-order valence-corrected chi connectivity index (χ2v) is 8.16. The van der Waals surface area contributed by atoms with Crippen LogP contribution < -0.4 is 11.5 Å². The lowest BCUT2D eigenvalue weighted by Crippen LogP contribution is -2.60. The zero-order chi connectivity index (χ0) is 23.8. The van der Waals surface area contributed by atoms with Gasteiger partial charge in [-0.15, -0.1) is 0 Å². The smallest absolute Gasteiger partial charge is 0.262 e. The monoisotopic (exact) mass is 450 g/mol. The summed E-state index contributed by atoms with van der Waals surface area (Å²) < 4.78 is 5.80. The molecule has 33 heavy (non-hydrogen) atoms. The van der Waals surface area contributed by atoms with E-state index < -0.39 is 23.3 Å². The zero-order valence-electron chi connectivity index (χ0n) is 18.8. The van der Waals surface area contributed by atoms with Crippen LogP contribution in [-0.4, -0.2) is 47.1 Å². The minimum absolute atomic E-state index is 0.111. The van der Waals surface area contributed by atoms with E-state index in [0.29, 0.717) is 31.8 Å². The molecule has 1 aliphatic heterocycles. The fourth-order valence-electron chi connectivity index (χ4n) is 4.07. The standard InChI is InChI=1S/C25H30N4O4/c1-18(26)28-15-8-7-13-25(24(27)32,14-16-33-17-19-9-3-2-4-10-19)29-22(30)20-11-5-6-12-21(20)23(29)31/h2-6,9-12H,7-8,13-17H2,1H3,(H2,26,28)(H2,27,32). The third-order valence-corrected chi connectivity index (χ3v) is 5.81. The first kappa shape index (κ1) is 24.1. The molecule has 2 aromatic carbocycles. The first-order valence-electron chi connectivity index (χ1n) is 11.0. The Bertz CT molecular complexity index is 999. The highest BCUT2D eigenvalue weighted by atomic mass is 16.5. The third-order valence-electron chi connectivity index (χ3n) is 5.81. The number of benzene rings is 2. The van der Waals surface area contributed by atoms with E-state index in [1.807, 2.05) is 30.3 Å². The predicted octanol–water partition coefficient (Wildman–Crippen LogP) is 2.66. The van der Waals surface area contributed by atoms with Crippen LogP contribution in [0.25, 0.3) is 0 Å². The molecule has 0 saturated carbocycles. The van der Waals surface area contributed by atoms with Crippen LogP contribution in [0, 0.1) is 0 Å². The van der Waals surface area contributed by atoms with Crippen molar-refractivity contribution in [1.82, 2.24) is 4.90 Å². The van der Waals surface area contributed by atoms with E-state index in [-0.39, 0.29) is 30.6 Å². The molecule has 8 heteroatoms. The van der Waals surface area contributed by atoms with Gasteiger partial charge in [0.25, 0.3) is 11.8 Å². The Morgan fingerprint density at radius 1 is 0.939 bits per heavy atom. The van der Waals surface area contributed by atoms with Gasteiger partial charge in [0.2, 0.25) is 5.91 Å². The molecule has 1 atom stereocenters. The van der Waals surface area contributed by atoms with Crippen molar-refractivity contribution >= 4 is 23.6 Å². The molecule has 1 unspecified atom stereocenters. The molecule has 0 spiro atoms. The normalized spacial score (nSPS) is 15.4. The molecule has 3 amide bonds. The van der Waals surface area contributed by atoms with Crippen molar-refractivity contribution in [1.29, 1.82) is 0 Å². The first-order valence-corrected chi connectivity index (χ1v) is 11.0. The van der Waals surface area contributed by atoms with Crippen molar-refractivity contribution in [3.05, 3.63) is 71.3 Å². The largest absolute Gasteiger partial charge is 0.388 e. The van der Waals surface area contributed by atoms with Crippen molar-refractivity contribution in [3.63, 3.8) is 0 Å². The summed E-state index contributed by atoms with van der Waals surface area (Å²) in [5.74, 6) is -1.26. The number of ether oxygens (including phenoxy) is 1. The van der Waals surface area contributed by atoms with Crippen LogP contribution in [0.15, 0.2) is 59.6 Å². The van der Waals surface area contributed by atoms with Gasteiger partial charge in [-0.05, 0) is 43.9 Å². The molecule has 0 aliphatic carbocycles. The van der Waals surface area contributed by atoms with Gasteiger partial charge in [0.05, 0.1) is 23.6 Å². The minimum atomic E-state index is -1.49. The molecule has 4 N–H and O–H groups in total. The highest BCUT2D eigenvalue weighted by molar-refractivity contribution is 6.23. The van der Waals surface area contributed by atoms with Crippen LogP contribution in [-0.2, 0) is 16.1 Å². The number of imide groups is 1. The Hall–Kier alpha value is -3.52. The second-order valence-electron chi connectivity index (χ2n) is 8.16. The number of rotatable bonds is 12. The molecule has 0 radical (unpaired) electrons. The molecule has 1 aliphatic rings. The van der Waals surface area contributed by atoms with Crippen LogP contribution >= 0.6 is 0 Å². The number of aliphatic imine (C=N–C) groups is 1. The van der Waals surface area contributed by atoms with E-state index in [4.69, 9.17) is 16.2 Å². The number of hydrogen-bond acceptors (Lipinski definition) is 5. The Labute approximate surface area is 193 Å². The van der Waals surface area contributed by atoms with Crippen molar-refractivity contribution in [2.45, 2.75) is 44.8 Å². The highest BCUT2D eigenvalue weighted by Crippen LogP contribution is 2.35. The fraction of sp³-hybridized carbons (Fsp3) is 0.360. The summed E-state index contributed by atoms with van der Waals surface area (Å²) in [5, 5.41) is 0. The number of hydrogen-bond donors (Lipinski definition) is 2. The average Bonchev–Trinajstić information content (AvgIpc) is 3.06. The molecule has 1 heterocycles. The number of unbranched alkanes of at least 4 members (excludes halogenated alkanes) is 1. The molecule has 174 valence electrons. The van der Waals surface area contributed by atoms with Crippen molar-refractivity contribution in [2.75, 3.05) is 13.2 Å². The van der Waals surface area contributed by atoms with E-state index in [1.54, 1.807) is 31.2 Å².